The van der Waals surface area contributed by atoms with Crippen molar-refractivity contribution in [3.63, 3.8) is 0 Å². The van der Waals surface area contributed by atoms with Crippen LogP contribution in [0.2, 0.25) is 0 Å². The maximum Gasteiger partial charge on any atom is 0.262 e. The number of nitrogens with zero attached hydrogens (tertiary/aromatic N) is 1. The first-order chi connectivity index (χ1) is 15.3. The van der Waals surface area contributed by atoms with E-state index in [1.165, 1.54) is 5.56 Å². The molecule has 0 saturated carbocycles. The number of rotatable bonds is 7. The third-order valence-electron chi connectivity index (χ3n) is 5.85. The number of nitrogens with two attached hydrogens (primary N) is 1. The molecule has 0 unspecified atom stereocenters. The Balaban J connectivity index is 1.61. The molecule has 1 heterocycles. The summed E-state index contributed by atoms with van der Waals surface area (Å²) < 4.78 is 5.66. The van der Waals surface area contributed by atoms with Crippen molar-refractivity contribution >= 4 is 23.4 Å². The second-order valence-electron chi connectivity index (χ2n) is 8.52. The van der Waals surface area contributed by atoms with Crippen molar-refractivity contribution in [3.05, 3.63) is 59.2 Å². The Morgan fingerprint density at radius 3 is 2.44 bits per heavy atom. The van der Waals surface area contributed by atoms with Crippen molar-refractivity contribution in [3.8, 4) is 5.75 Å². The highest BCUT2D eigenvalue weighted by molar-refractivity contribution is 6.04. The number of para-hydroxylation sites is 1. The number of carbonyl (C=O) groups excluding carboxylic acids is 3. The monoisotopic (exact) mass is 437 g/mol. The normalized spacial score (nSPS) is 14.3. The maximum absolute atomic E-state index is 13.0. The van der Waals surface area contributed by atoms with Crippen molar-refractivity contribution in [2.75, 3.05) is 25.0 Å². The molecule has 0 aromatic heterocycles. The maximum atomic E-state index is 13.0. The van der Waals surface area contributed by atoms with Crippen LogP contribution in [0.5, 0.6) is 5.75 Å². The van der Waals surface area contributed by atoms with Gasteiger partial charge < -0.3 is 20.7 Å². The van der Waals surface area contributed by atoms with Crippen molar-refractivity contribution in [1.82, 2.24) is 4.90 Å². The molecule has 32 heavy (non-hydrogen) atoms. The standard InChI is InChI=1S/C25H31N3O4/c1-16(2)20-9-8-19(14-17(20)3)32-15-23(29)27-22-7-5-4-6-21(22)25(31)28-12-10-18(11-13-28)24(26)30/h4-9,14,16,18H,10-13,15H2,1-3H3,(H2,26,30)(H,27,29). The van der Waals surface area contributed by atoms with E-state index in [4.69, 9.17) is 10.5 Å². The molecule has 3 amide bonds. The summed E-state index contributed by atoms with van der Waals surface area (Å²) in [6.45, 7) is 7.06. The summed E-state index contributed by atoms with van der Waals surface area (Å²) in [6, 6.07) is 12.7. The van der Waals surface area contributed by atoms with Crippen LogP contribution in [0.4, 0.5) is 5.69 Å². The van der Waals surface area contributed by atoms with Crippen LogP contribution in [0.3, 0.4) is 0 Å². The minimum absolute atomic E-state index is 0.160. The van der Waals surface area contributed by atoms with Gasteiger partial charge in [0.1, 0.15) is 5.75 Å². The number of aryl methyl sites for hydroxylation is 1. The molecule has 1 saturated heterocycles. The van der Waals surface area contributed by atoms with Gasteiger partial charge in [-0.1, -0.05) is 32.0 Å². The Bertz CT molecular complexity index is 994. The first-order valence-electron chi connectivity index (χ1n) is 11.0. The predicted octanol–water partition coefficient (Wildman–Crippen LogP) is 3.47. The van der Waals surface area contributed by atoms with Gasteiger partial charge in [0.05, 0.1) is 11.3 Å². The molecule has 0 radical (unpaired) electrons. The zero-order chi connectivity index (χ0) is 23.3. The van der Waals surface area contributed by atoms with E-state index in [1.54, 1.807) is 29.2 Å². The predicted molar refractivity (Wildman–Crippen MR) is 124 cm³/mol. The molecule has 170 valence electrons. The second kappa shape index (κ2) is 10.3. The molecule has 3 rings (SSSR count). The zero-order valence-corrected chi connectivity index (χ0v) is 18.9. The van der Waals surface area contributed by atoms with Crippen molar-refractivity contribution in [2.24, 2.45) is 11.7 Å². The molecule has 1 fully saturated rings. The molecule has 7 nitrogen and oxygen atoms in total. The van der Waals surface area contributed by atoms with Gasteiger partial charge in [0.15, 0.2) is 6.61 Å². The van der Waals surface area contributed by atoms with Gasteiger partial charge in [0.25, 0.3) is 11.8 Å². The Hall–Kier alpha value is -3.35. The number of primary amides is 1. The molecule has 1 aliphatic heterocycles. The average molecular weight is 438 g/mol. The summed E-state index contributed by atoms with van der Waals surface area (Å²) in [5, 5.41) is 2.79. The van der Waals surface area contributed by atoms with Gasteiger partial charge in [-0.15, -0.1) is 0 Å². The molecule has 0 spiro atoms. The van der Waals surface area contributed by atoms with Crippen LogP contribution in [-0.4, -0.2) is 42.3 Å². The summed E-state index contributed by atoms with van der Waals surface area (Å²) in [7, 11) is 0. The number of carbonyl (C=O) groups is 3. The molecule has 0 atom stereocenters. The molecule has 2 aromatic rings. The number of anilines is 1. The molecular weight excluding hydrogens is 406 g/mol. The minimum Gasteiger partial charge on any atom is -0.484 e. The van der Waals surface area contributed by atoms with E-state index in [-0.39, 0.29) is 30.2 Å². The fourth-order valence-electron chi connectivity index (χ4n) is 4.04. The SMILES string of the molecule is Cc1cc(OCC(=O)Nc2ccccc2C(=O)N2CCC(C(N)=O)CC2)ccc1C(C)C. The number of ether oxygens (including phenoxy) is 1. The summed E-state index contributed by atoms with van der Waals surface area (Å²) in [5.74, 6) is 0.0165. The van der Waals surface area contributed by atoms with Gasteiger partial charge in [-0.2, -0.15) is 0 Å². The molecular formula is C25H31N3O4. The van der Waals surface area contributed by atoms with Gasteiger partial charge in [-0.05, 0) is 61.1 Å². The number of likely N-dealkylation sites (tertiary alicyclic amines) is 1. The summed E-state index contributed by atoms with van der Waals surface area (Å²) in [5.41, 5.74) is 8.59. The Morgan fingerprint density at radius 2 is 1.81 bits per heavy atom. The number of nitrogens with one attached hydrogen (secondary N) is 1. The Morgan fingerprint density at radius 1 is 1.12 bits per heavy atom. The van der Waals surface area contributed by atoms with E-state index in [0.717, 1.165) is 5.56 Å². The average Bonchev–Trinajstić information content (AvgIpc) is 2.77. The molecule has 0 aliphatic carbocycles. The largest absolute Gasteiger partial charge is 0.484 e. The van der Waals surface area contributed by atoms with Gasteiger partial charge in [0, 0.05) is 19.0 Å². The highest BCUT2D eigenvalue weighted by Gasteiger charge is 2.27. The van der Waals surface area contributed by atoms with Crippen LogP contribution in [-0.2, 0) is 9.59 Å². The number of piperidine rings is 1. The van der Waals surface area contributed by atoms with Crippen LogP contribution in [0.25, 0.3) is 0 Å². The van der Waals surface area contributed by atoms with Gasteiger partial charge >= 0.3 is 0 Å². The lowest BCUT2D eigenvalue weighted by Gasteiger charge is -2.31. The van der Waals surface area contributed by atoms with Gasteiger partial charge in [-0.25, -0.2) is 0 Å². The van der Waals surface area contributed by atoms with Crippen LogP contribution in [0, 0.1) is 12.8 Å². The van der Waals surface area contributed by atoms with E-state index >= 15 is 0 Å². The van der Waals surface area contributed by atoms with E-state index in [9.17, 15) is 14.4 Å². The molecule has 7 heteroatoms. The van der Waals surface area contributed by atoms with E-state index in [0.29, 0.717) is 48.8 Å². The number of benzene rings is 2. The van der Waals surface area contributed by atoms with E-state index in [1.807, 2.05) is 25.1 Å². The zero-order valence-electron chi connectivity index (χ0n) is 18.9. The fraction of sp³-hybridized carbons (Fsp3) is 0.400. The van der Waals surface area contributed by atoms with E-state index in [2.05, 4.69) is 19.2 Å². The van der Waals surface area contributed by atoms with Crippen LogP contribution < -0.4 is 15.8 Å². The third-order valence-corrected chi connectivity index (χ3v) is 5.85. The topological polar surface area (TPSA) is 102 Å². The lowest BCUT2D eigenvalue weighted by Crippen LogP contribution is -2.42. The summed E-state index contributed by atoms with van der Waals surface area (Å²) in [6.07, 6.45) is 1.11. The third kappa shape index (κ3) is 5.66. The quantitative estimate of drug-likeness (QED) is 0.692. The second-order valence-corrected chi connectivity index (χ2v) is 8.52. The lowest BCUT2D eigenvalue weighted by molar-refractivity contribution is -0.123. The summed E-state index contributed by atoms with van der Waals surface area (Å²) >= 11 is 0. The highest BCUT2D eigenvalue weighted by atomic mass is 16.5. The Kier molecular flexibility index (Phi) is 7.51. The van der Waals surface area contributed by atoms with Gasteiger partial charge in [0.2, 0.25) is 5.91 Å². The molecule has 3 N–H and O–H groups in total. The summed E-state index contributed by atoms with van der Waals surface area (Å²) in [4.78, 5) is 38.6. The van der Waals surface area contributed by atoms with Crippen LogP contribution in [0.1, 0.15) is 54.1 Å². The lowest BCUT2D eigenvalue weighted by atomic mass is 9.95. The van der Waals surface area contributed by atoms with Crippen LogP contribution in [0.15, 0.2) is 42.5 Å². The first-order valence-corrected chi connectivity index (χ1v) is 11.0. The number of amides is 3. The fourth-order valence-corrected chi connectivity index (χ4v) is 4.04. The van der Waals surface area contributed by atoms with Gasteiger partial charge in [-0.3, -0.25) is 14.4 Å². The van der Waals surface area contributed by atoms with Crippen LogP contribution >= 0.6 is 0 Å². The highest BCUT2D eigenvalue weighted by Crippen LogP contribution is 2.24. The first kappa shape index (κ1) is 23.3. The molecule has 1 aliphatic rings. The van der Waals surface area contributed by atoms with E-state index < -0.39 is 0 Å². The number of hydrogen-bond donors (Lipinski definition) is 2. The van der Waals surface area contributed by atoms with Crippen molar-refractivity contribution in [1.29, 1.82) is 0 Å². The Labute approximate surface area is 188 Å². The van der Waals surface area contributed by atoms with Crippen molar-refractivity contribution in [2.45, 2.75) is 39.5 Å². The minimum atomic E-state index is -0.344. The smallest absolute Gasteiger partial charge is 0.262 e. The molecule has 2 aromatic carbocycles. The number of hydrogen-bond acceptors (Lipinski definition) is 4. The van der Waals surface area contributed by atoms with Crippen molar-refractivity contribution < 1.29 is 19.1 Å². The molecule has 0 bridgehead atoms.